The van der Waals surface area contributed by atoms with Crippen LogP contribution in [0.25, 0.3) is 0 Å². The van der Waals surface area contributed by atoms with E-state index in [0.29, 0.717) is 4.90 Å². The van der Waals surface area contributed by atoms with Gasteiger partial charge in [-0.1, -0.05) is 0 Å². The zero-order valence-corrected chi connectivity index (χ0v) is 8.30. The van der Waals surface area contributed by atoms with E-state index < -0.39 is 24.4 Å². The summed E-state index contributed by atoms with van der Waals surface area (Å²) in [7, 11) is 1.05. The minimum absolute atomic E-state index is 0.0311. The summed E-state index contributed by atoms with van der Waals surface area (Å²) in [4.78, 5) is 11.9. The van der Waals surface area contributed by atoms with Gasteiger partial charge in [-0.15, -0.1) is 0 Å². The number of carbonyl (C=O) groups excluding carboxylic acids is 1. The van der Waals surface area contributed by atoms with Crippen LogP contribution >= 0.6 is 0 Å². The summed E-state index contributed by atoms with van der Waals surface area (Å²) < 4.78 is 42.8. The first-order valence-corrected chi connectivity index (χ1v) is 4.51. The summed E-state index contributed by atoms with van der Waals surface area (Å²) in [6.07, 6.45) is -5.38. The molecule has 0 spiro atoms. The van der Waals surface area contributed by atoms with Gasteiger partial charge in [0.15, 0.2) is 5.54 Å². The molecule has 1 aliphatic rings. The molecule has 15 heavy (non-hydrogen) atoms. The molecule has 7 heteroatoms. The quantitative estimate of drug-likeness (QED) is 0.728. The summed E-state index contributed by atoms with van der Waals surface area (Å²) in [6, 6.07) is 0. The van der Waals surface area contributed by atoms with Gasteiger partial charge in [0.05, 0.1) is 7.11 Å². The molecule has 0 aromatic rings. The van der Waals surface area contributed by atoms with Crippen LogP contribution in [-0.2, 0) is 4.74 Å². The maximum Gasteiger partial charge on any atom is 0.413 e. The van der Waals surface area contributed by atoms with Crippen LogP contribution in [0.2, 0.25) is 0 Å². The highest BCUT2D eigenvalue weighted by Crippen LogP contribution is 2.42. The van der Waals surface area contributed by atoms with Gasteiger partial charge in [-0.3, -0.25) is 4.90 Å². The van der Waals surface area contributed by atoms with Crippen molar-refractivity contribution in [2.24, 2.45) is 5.73 Å². The maximum atomic E-state index is 12.8. The monoisotopic (exact) mass is 226 g/mol. The molecule has 1 fully saturated rings. The number of methoxy groups -OCH3 is 1. The fourth-order valence-electron chi connectivity index (χ4n) is 1.88. The van der Waals surface area contributed by atoms with Crippen molar-refractivity contribution >= 4 is 6.09 Å². The van der Waals surface area contributed by atoms with Gasteiger partial charge in [-0.2, -0.15) is 13.2 Å². The summed E-state index contributed by atoms with van der Waals surface area (Å²) in [5.74, 6) is 0. The average Bonchev–Trinajstić information content (AvgIpc) is 2.60. The van der Waals surface area contributed by atoms with E-state index >= 15 is 0 Å². The van der Waals surface area contributed by atoms with Crippen LogP contribution in [0.4, 0.5) is 18.0 Å². The molecule has 1 rings (SSSR count). The molecule has 1 amide bonds. The Bertz CT molecular complexity index is 257. The molecule has 1 heterocycles. The molecule has 0 bridgehead atoms. The summed E-state index contributed by atoms with van der Waals surface area (Å²) in [6.45, 7) is -0.602. The van der Waals surface area contributed by atoms with Gasteiger partial charge < -0.3 is 10.5 Å². The number of halogens is 3. The lowest BCUT2D eigenvalue weighted by molar-refractivity contribution is -0.213. The van der Waals surface area contributed by atoms with Crippen molar-refractivity contribution in [3.8, 4) is 0 Å². The van der Waals surface area contributed by atoms with Gasteiger partial charge in [0.2, 0.25) is 0 Å². The van der Waals surface area contributed by atoms with Crippen LogP contribution in [0.5, 0.6) is 0 Å². The molecule has 2 N–H and O–H groups in total. The van der Waals surface area contributed by atoms with Crippen molar-refractivity contribution in [1.29, 1.82) is 0 Å². The summed E-state index contributed by atoms with van der Waals surface area (Å²) in [5, 5.41) is 0. The molecule has 1 atom stereocenters. The van der Waals surface area contributed by atoms with E-state index in [1.54, 1.807) is 0 Å². The Kier molecular flexibility index (Phi) is 3.13. The maximum absolute atomic E-state index is 12.8. The largest absolute Gasteiger partial charge is 0.453 e. The van der Waals surface area contributed by atoms with E-state index in [1.807, 2.05) is 0 Å². The second-order valence-corrected chi connectivity index (χ2v) is 3.46. The number of alkyl halides is 3. The lowest BCUT2D eigenvalue weighted by Crippen LogP contribution is -2.61. The number of hydrogen-bond acceptors (Lipinski definition) is 3. The van der Waals surface area contributed by atoms with Crippen LogP contribution < -0.4 is 5.73 Å². The Morgan fingerprint density at radius 1 is 1.60 bits per heavy atom. The normalized spacial score (nSPS) is 26.9. The Morgan fingerprint density at radius 2 is 2.20 bits per heavy atom. The summed E-state index contributed by atoms with van der Waals surface area (Å²) >= 11 is 0. The van der Waals surface area contributed by atoms with Gasteiger partial charge in [0.1, 0.15) is 0 Å². The van der Waals surface area contributed by atoms with E-state index in [-0.39, 0.29) is 19.4 Å². The Labute approximate surface area is 85.2 Å². The molecule has 0 radical (unpaired) electrons. The minimum Gasteiger partial charge on any atom is -0.453 e. The third kappa shape index (κ3) is 1.75. The first kappa shape index (κ1) is 12.1. The highest BCUT2D eigenvalue weighted by Gasteiger charge is 2.61. The van der Waals surface area contributed by atoms with Crippen molar-refractivity contribution in [2.75, 3.05) is 20.2 Å². The molecule has 1 aliphatic heterocycles. The summed E-state index contributed by atoms with van der Waals surface area (Å²) in [5.41, 5.74) is 2.92. The molecule has 88 valence electrons. The third-order valence-electron chi connectivity index (χ3n) is 2.75. The van der Waals surface area contributed by atoms with Crippen LogP contribution in [0.15, 0.2) is 0 Å². The van der Waals surface area contributed by atoms with Crippen molar-refractivity contribution in [1.82, 2.24) is 4.90 Å². The van der Waals surface area contributed by atoms with Gasteiger partial charge in [-0.25, -0.2) is 4.79 Å². The smallest absolute Gasteiger partial charge is 0.413 e. The fraction of sp³-hybridized carbons (Fsp3) is 0.875. The predicted molar refractivity (Wildman–Crippen MR) is 46.2 cm³/mol. The van der Waals surface area contributed by atoms with Crippen LogP contribution in [0.3, 0.4) is 0 Å². The lowest BCUT2D eigenvalue weighted by atomic mass is 9.96. The highest BCUT2D eigenvalue weighted by atomic mass is 19.4. The third-order valence-corrected chi connectivity index (χ3v) is 2.75. The van der Waals surface area contributed by atoms with Crippen LogP contribution in [-0.4, -0.2) is 42.9 Å². The number of amides is 1. The van der Waals surface area contributed by atoms with Crippen LogP contribution in [0, 0.1) is 0 Å². The van der Waals surface area contributed by atoms with Crippen molar-refractivity contribution < 1.29 is 22.7 Å². The fourth-order valence-corrected chi connectivity index (χ4v) is 1.88. The standard InChI is InChI=1S/C8H13F3N2O2/c1-15-6(14)13-4-2-3-7(13,5-12)8(9,10)11/h2-5,12H2,1H3. The minimum atomic E-state index is -4.52. The van der Waals surface area contributed by atoms with Gasteiger partial charge in [-0.05, 0) is 12.8 Å². The topological polar surface area (TPSA) is 55.6 Å². The number of likely N-dealkylation sites (tertiary alicyclic amines) is 1. The van der Waals surface area contributed by atoms with Crippen molar-refractivity contribution in [3.05, 3.63) is 0 Å². The number of nitrogens with zero attached hydrogens (tertiary/aromatic N) is 1. The van der Waals surface area contributed by atoms with E-state index in [2.05, 4.69) is 4.74 Å². The van der Waals surface area contributed by atoms with Gasteiger partial charge >= 0.3 is 12.3 Å². The zero-order chi connectivity index (χ0) is 11.7. The van der Waals surface area contributed by atoms with Crippen LogP contribution in [0.1, 0.15) is 12.8 Å². The second kappa shape index (κ2) is 3.88. The zero-order valence-electron chi connectivity index (χ0n) is 8.30. The number of nitrogens with two attached hydrogens (primary N) is 1. The Balaban J connectivity index is 3.02. The molecule has 0 saturated carbocycles. The first-order chi connectivity index (χ1) is 6.89. The van der Waals surface area contributed by atoms with E-state index in [0.717, 1.165) is 7.11 Å². The van der Waals surface area contributed by atoms with E-state index in [4.69, 9.17) is 5.73 Å². The highest BCUT2D eigenvalue weighted by molar-refractivity contribution is 5.69. The van der Waals surface area contributed by atoms with E-state index in [1.165, 1.54) is 0 Å². The Hall–Kier alpha value is -0.980. The number of hydrogen-bond donors (Lipinski definition) is 1. The number of carbonyl (C=O) groups is 1. The van der Waals surface area contributed by atoms with Crippen molar-refractivity contribution in [2.45, 2.75) is 24.6 Å². The number of ether oxygens (including phenoxy) is 1. The second-order valence-electron chi connectivity index (χ2n) is 3.46. The lowest BCUT2D eigenvalue weighted by Gasteiger charge is -2.37. The van der Waals surface area contributed by atoms with E-state index in [9.17, 15) is 18.0 Å². The average molecular weight is 226 g/mol. The molecule has 0 aliphatic carbocycles. The first-order valence-electron chi connectivity index (χ1n) is 4.51. The molecule has 1 saturated heterocycles. The molecule has 0 aromatic heterocycles. The Morgan fingerprint density at radius 3 is 2.60 bits per heavy atom. The molecular weight excluding hydrogens is 213 g/mol. The number of rotatable bonds is 1. The molecule has 1 unspecified atom stereocenters. The van der Waals surface area contributed by atoms with Gasteiger partial charge in [0.25, 0.3) is 0 Å². The SMILES string of the molecule is COC(=O)N1CCCC1(CN)C(F)(F)F. The molecule has 4 nitrogen and oxygen atoms in total. The molecule has 0 aromatic carbocycles. The molecular formula is C8H13F3N2O2. The van der Waals surface area contributed by atoms with Crippen molar-refractivity contribution in [3.63, 3.8) is 0 Å². The van der Waals surface area contributed by atoms with Gasteiger partial charge in [0, 0.05) is 13.1 Å². The predicted octanol–water partition coefficient (Wildman–Crippen LogP) is 1.11.